The summed E-state index contributed by atoms with van der Waals surface area (Å²) in [4.78, 5) is 35.4. The Morgan fingerprint density at radius 3 is 2.44 bits per heavy atom. The van der Waals surface area contributed by atoms with Gasteiger partial charge in [0.1, 0.15) is 12.4 Å². The normalized spacial score (nSPS) is 19.3. The highest BCUT2D eigenvalue weighted by Gasteiger charge is 2.43. The third kappa shape index (κ3) is 5.01. The molecule has 0 bridgehead atoms. The van der Waals surface area contributed by atoms with Gasteiger partial charge < -0.3 is 19.3 Å². The summed E-state index contributed by atoms with van der Waals surface area (Å²) in [5.41, 5.74) is 3.89. The van der Waals surface area contributed by atoms with E-state index in [1.54, 1.807) is 23.1 Å². The number of likely N-dealkylation sites (tertiary alicyclic amines) is 1. The molecule has 0 spiro atoms. The average Bonchev–Trinajstić information content (AvgIpc) is 3.58. The number of aromatic nitrogens is 1. The minimum atomic E-state index is -0.280. The molecule has 7 nitrogen and oxygen atoms in total. The van der Waals surface area contributed by atoms with Crippen LogP contribution in [0.3, 0.4) is 0 Å². The van der Waals surface area contributed by atoms with Gasteiger partial charge in [-0.2, -0.15) is 0 Å². The summed E-state index contributed by atoms with van der Waals surface area (Å²) < 4.78 is 16.3. The number of piperazine rings is 1. The second kappa shape index (κ2) is 11.1. The summed E-state index contributed by atoms with van der Waals surface area (Å²) in [6.45, 7) is 5.73. The number of anilines is 1. The monoisotopic (exact) mass is 599 g/mol. The maximum atomic E-state index is 14.4. The lowest BCUT2D eigenvalue weighted by atomic mass is 9.78. The molecule has 0 unspecified atom stereocenters. The van der Waals surface area contributed by atoms with E-state index in [-0.39, 0.29) is 29.7 Å². The molecule has 0 saturated carbocycles. The standard InChI is InChI=1S/C34H35ClFN5O2/c1-37-16-18-40(19-17-37)34(26-5-3-6-27(36)20-26)11-14-38(15-12-34)31(42)23-39-13-10-24-8-9-28(21-30(24)39)41-22-25-4-2-7-29(35)32(25)33(41)43/h2-10,13,20-21H,11-12,14-19,22-23H2,1H3. The van der Waals surface area contributed by atoms with Crippen molar-refractivity contribution in [3.8, 4) is 0 Å². The molecular formula is C34H35ClFN5O2. The molecule has 43 heavy (non-hydrogen) atoms. The molecule has 9 heteroatoms. The van der Waals surface area contributed by atoms with Gasteiger partial charge in [-0.3, -0.25) is 14.5 Å². The molecular weight excluding hydrogens is 565 g/mol. The zero-order valence-electron chi connectivity index (χ0n) is 24.3. The van der Waals surface area contributed by atoms with Crippen molar-refractivity contribution in [3.63, 3.8) is 0 Å². The van der Waals surface area contributed by atoms with Gasteiger partial charge in [-0.1, -0.05) is 41.9 Å². The summed E-state index contributed by atoms with van der Waals surface area (Å²) in [5.74, 6) is -0.263. The van der Waals surface area contributed by atoms with Gasteiger partial charge in [-0.05, 0) is 72.8 Å². The van der Waals surface area contributed by atoms with Crippen LogP contribution in [0.2, 0.25) is 5.02 Å². The molecule has 2 amide bonds. The molecule has 2 saturated heterocycles. The van der Waals surface area contributed by atoms with Crippen LogP contribution in [-0.2, 0) is 23.4 Å². The van der Waals surface area contributed by atoms with Crippen molar-refractivity contribution in [1.82, 2.24) is 19.3 Å². The number of benzene rings is 3. The number of carbonyl (C=O) groups excluding carboxylic acids is 2. The van der Waals surface area contributed by atoms with E-state index < -0.39 is 0 Å². The van der Waals surface area contributed by atoms with Gasteiger partial charge in [0, 0.05) is 56.7 Å². The van der Waals surface area contributed by atoms with Gasteiger partial charge in [0.2, 0.25) is 5.91 Å². The lowest BCUT2D eigenvalue weighted by molar-refractivity contribution is -0.135. The zero-order valence-corrected chi connectivity index (χ0v) is 25.1. The molecule has 2 fully saturated rings. The zero-order chi connectivity index (χ0) is 29.7. The quantitative estimate of drug-likeness (QED) is 0.310. The molecule has 4 heterocycles. The van der Waals surface area contributed by atoms with Crippen molar-refractivity contribution < 1.29 is 14.0 Å². The van der Waals surface area contributed by atoms with Crippen molar-refractivity contribution in [2.75, 3.05) is 51.2 Å². The van der Waals surface area contributed by atoms with E-state index in [1.165, 1.54) is 6.07 Å². The van der Waals surface area contributed by atoms with Crippen molar-refractivity contribution in [1.29, 1.82) is 0 Å². The second-order valence-corrected chi connectivity index (χ2v) is 12.5. The number of hydrogen-bond donors (Lipinski definition) is 0. The number of nitrogens with zero attached hydrogens (tertiary/aromatic N) is 5. The fraction of sp³-hybridized carbons (Fsp3) is 0.353. The van der Waals surface area contributed by atoms with E-state index in [0.717, 1.165) is 66.7 Å². The smallest absolute Gasteiger partial charge is 0.260 e. The van der Waals surface area contributed by atoms with E-state index in [2.05, 4.69) is 16.8 Å². The predicted molar refractivity (Wildman–Crippen MR) is 167 cm³/mol. The number of rotatable bonds is 5. The molecule has 3 aliphatic rings. The molecule has 0 radical (unpaired) electrons. The Balaban J connectivity index is 1.09. The van der Waals surface area contributed by atoms with Crippen LogP contribution in [0.25, 0.3) is 10.9 Å². The highest BCUT2D eigenvalue weighted by Crippen LogP contribution is 2.40. The Hall–Kier alpha value is -3.72. The number of hydrogen-bond acceptors (Lipinski definition) is 4. The second-order valence-electron chi connectivity index (χ2n) is 12.1. The lowest BCUT2D eigenvalue weighted by Crippen LogP contribution is -2.59. The van der Waals surface area contributed by atoms with Crippen LogP contribution in [0.15, 0.2) is 72.9 Å². The van der Waals surface area contributed by atoms with Gasteiger partial charge >= 0.3 is 0 Å². The van der Waals surface area contributed by atoms with Gasteiger partial charge in [-0.25, -0.2) is 4.39 Å². The molecule has 3 aromatic carbocycles. The number of halogens is 2. The summed E-state index contributed by atoms with van der Waals surface area (Å²) in [6.07, 6.45) is 3.47. The fourth-order valence-corrected chi connectivity index (χ4v) is 7.45. The summed E-state index contributed by atoms with van der Waals surface area (Å²) in [5, 5.41) is 1.48. The Bertz CT molecular complexity index is 1700. The van der Waals surface area contributed by atoms with Crippen molar-refractivity contribution in [3.05, 3.63) is 100 Å². The third-order valence-electron chi connectivity index (χ3n) is 9.68. The van der Waals surface area contributed by atoms with E-state index >= 15 is 0 Å². The SMILES string of the molecule is CN1CCN(C2(c3cccc(F)c3)CCN(C(=O)Cn3ccc4ccc(N5Cc6cccc(Cl)c6C5=O)cc43)CC2)CC1. The number of amides is 2. The topological polar surface area (TPSA) is 52.0 Å². The largest absolute Gasteiger partial charge is 0.341 e. The summed E-state index contributed by atoms with van der Waals surface area (Å²) in [6, 6.07) is 20.5. The molecule has 1 aromatic heterocycles. The van der Waals surface area contributed by atoms with E-state index in [0.29, 0.717) is 30.2 Å². The maximum absolute atomic E-state index is 14.4. The highest BCUT2D eigenvalue weighted by atomic mass is 35.5. The van der Waals surface area contributed by atoms with Crippen molar-refractivity contribution in [2.45, 2.75) is 31.5 Å². The van der Waals surface area contributed by atoms with Crippen LogP contribution >= 0.6 is 11.6 Å². The van der Waals surface area contributed by atoms with Crippen LogP contribution in [0.1, 0.15) is 34.3 Å². The van der Waals surface area contributed by atoms with Crippen molar-refractivity contribution >= 4 is 40.0 Å². The van der Waals surface area contributed by atoms with E-state index in [1.807, 2.05) is 58.1 Å². The third-order valence-corrected chi connectivity index (χ3v) is 9.99. The number of likely N-dealkylation sites (N-methyl/N-ethyl adjacent to an activating group) is 1. The Morgan fingerprint density at radius 1 is 0.930 bits per heavy atom. The van der Waals surface area contributed by atoms with E-state index in [4.69, 9.17) is 11.6 Å². The van der Waals surface area contributed by atoms with E-state index in [9.17, 15) is 14.0 Å². The first-order valence-corrected chi connectivity index (χ1v) is 15.4. The minimum Gasteiger partial charge on any atom is -0.341 e. The van der Waals surface area contributed by atoms with Crippen LogP contribution < -0.4 is 4.90 Å². The highest BCUT2D eigenvalue weighted by molar-refractivity contribution is 6.35. The first-order chi connectivity index (χ1) is 20.8. The van der Waals surface area contributed by atoms with Crippen LogP contribution in [0.5, 0.6) is 0 Å². The number of piperidine rings is 1. The van der Waals surface area contributed by atoms with Crippen LogP contribution in [0.4, 0.5) is 10.1 Å². The van der Waals surface area contributed by atoms with Gasteiger partial charge in [0.05, 0.1) is 22.6 Å². The average molecular weight is 600 g/mol. The minimum absolute atomic E-state index is 0.0607. The van der Waals surface area contributed by atoms with Crippen molar-refractivity contribution in [2.24, 2.45) is 0 Å². The Kier molecular flexibility index (Phi) is 7.24. The van der Waals surface area contributed by atoms with Gasteiger partial charge in [0.25, 0.3) is 5.91 Å². The molecule has 7 rings (SSSR count). The number of fused-ring (bicyclic) bond motifs is 2. The number of carbonyl (C=O) groups is 2. The van der Waals surface area contributed by atoms with Gasteiger partial charge in [-0.15, -0.1) is 0 Å². The molecule has 0 atom stereocenters. The lowest BCUT2D eigenvalue weighted by Gasteiger charge is -2.51. The maximum Gasteiger partial charge on any atom is 0.260 e. The van der Waals surface area contributed by atoms with Crippen LogP contribution in [0, 0.1) is 5.82 Å². The first kappa shape index (κ1) is 28.1. The molecule has 4 aromatic rings. The summed E-state index contributed by atoms with van der Waals surface area (Å²) in [7, 11) is 2.14. The molecule has 0 N–H and O–H groups in total. The predicted octanol–water partition coefficient (Wildman–Crippen LogP) is 5.36. The Morgan fingerprint density at radius 2 is 1.70 bits per heavy atom. The Labute approximate surface area is 256 Å². The molecule has 0 aliphatic carbocycles. The first-order valence-electron chi connectivity index (χ1n) is 15.0. The molecule has 222 valence electrons. The van der Waals surface area contributed by atoms with Gasteiger partial charge in [0.15, 0.2) is 0 Å². The fourth-order valence-electron chi connectivity index (χ4n) is 7.18. The van der Waals surface area contributed by atoms with Crippen LogP contribution in [-0.4, -0.2) is 77.4 Å². The summed E-state index contributed by atoms with van der Waals surface area (Å²) >= 11 is 6.35. The molecule has 3 aliphatic heterocycles.